The van der Waals surface area contributed by atoms with E-state index in [0.717, 1.165) is 0 Å². The number of carbonyl (C=O) groups excluding carboxylic acids is 3. The maximum absolute atomic E-state index is 12.0. The summed E-state index contributed by atoms with van der Waals surface area (Å²) in [5.41, 5.74) is 0.321. The molecular weight excluding hydrogens is 274 g/mol. The van der Waals surface area contributed by atoms with Crippen LogP contribution in [-0.4, -0.2) is 48.5 Å². The molecule has 0 bridgehead atoms. The molecular formula is C15H23NO5. The lowest BCUT2D eigenvalue weighted by molar-refractivity contribution is -0.165. The van der Waals surface area contributed by atoms with Crippen LogP contribution in [0.2, 0.25) is 0 Å². The Kier molecular flexibility index (Phi) is 8.04. The summed E-state index contributed by atoms with van der Waals surface area (Å²) >= 11 is 0. The average Bonchev–Trinajstić information content (AvgIpc) is 2.35. The molecule has 0 heterocycles. The second-order valence-corrected chi connectivity index (χ2v) is 4.67. The van der Waals surface area contributed by atoms with Crippen molar-refractivity contribution >= 4 is 17.8 Å². The molecule has 0 saturated carbocycles. The van der Waals surface area contributed by atoms with Crippen LogP contribution >= 0.6 is 0 Å². The predicted octanol–water partition coefficient (Wildman–Crippen LogP) is 1.46. The van der Waals surface area contributed by atoms with E-state index in [1.165, 1.54) is 18.7 Å². The van der Waals surface area contributed by atoms with E-state index in [1.54, 1.807) is 33.0 Å². The number of rotatable bonds is 7. The summed E-state index contributed by atoms with van der Waals surface area (Å²) in [6.45, 7) is 9.67. The number of amides is 1. The first-order valence-corrected chi connectivity index (χ1v) is 6.60. The van der Waals surface area contributed by atoms with Gasteiger partial charge in [0.1, 0.15) is 6.10 Å². The fourth-order valence-electron chi connectivity index (χ4n) is 1.70. The molecule has 1 amide bonds. The van der Waals surface area contributed by atoms with Crippen molar-refractivity contribution in [1.82, 2.24) is 4.90 Å². The monoisotopic (exact) mass is 297 g/mol. The molecule has 0 radical (unpaired) electrons. The minimum atomic E-state index is -0.737. The molecule has 118 valence electrons. The summed E-state index contributed by atoms with van der Waals surface area (Å²) in [4.78, 5) is 35.5. The Balaban J connectivity index is 4.87. The maximum atomic E-state index is 12.0. The van der Waals surface area contributed by atoms with E-state index in [9.17, 15) is 14.4 Å². The highest BCUT2D eigenvalue weighted by Gasteiger charge is 2.26. The quantitative estimate of drug-likeness (QED) is 0.404. The van der Waals surface area contributed by atoms with Crippen LogP contribution in [0.3, 0.4) is 0 Å². The molecule has 0 aromatic heterocycles. The number of ether oxygens (including phenoxy) is 2. The number of nitrogens with zero attached hydrogens (tertiary/aromatic N) is 1. The van der Waals surface area contributed by atoms with Crippen LogP contribution in [-0.2, 0) is 23.9 Å². The number of carbonyl (C=O) groups is 3. The standard InChI is InChI=1S/C15H23NO5/c1-7-8-10(2)15(19)16(6)9-14(21-13(5)18)11(3)20-12(4)17/h7-8,11,14H,2,9H2,1,3-6H3. The predicted molar refractivity (Wildman–Crippen MR) is 78.4 cm³/mol. The molecule has 0 rings (SSSR count). The van der Waals surface area contributed by atoms with Gasteiger partial charge in [0.2, 0.25) is 0 Å². The van der Waals surface area contributed by atoms with Crippen molar-refractivity contribution in [2.75, 3.05) is 13.6 Å². The average molecular weight is 297 g/mol. The van der Waals surface area contributed by atoms with Gasteiger partial charge in [0.25, 0.3) is 5.91 Å². The fourth-order valence-corrected chi connectivity index (χ4v) is 1.70. The second kappa shape index (κ2) is 8.94. The molecule has 6 heteroatoms. The first-order valence-electron chi connectivity index (χ1n) is 6.60. The molecule has 0 aliphatic rings. The van der Waals surface area contributed by atoms with Crippen LogP contribution in [0.4, 0.5) is 0 Å². The first kappa shape index (κ1) is 18.9. The van der Waals surface area contributed by atoms with Gasteiger partial charge in [-0.25, -0.2) is 0 Å². The topological polar surface area (TPSA) is 72.9 Å². The zero-order valence-corrected chi connectivity index (χ0v) is 13.2. The van der Waals surface area contributed by atoms with Crippen molar-refractivity contribution in [3.8, 4) is 0 Å². The molecule has 0 spiro atoms. The number of allylic oxidation sites excluding steroid dienone is 1. The van der Waals surface area contributed by atoms with Crippen LogP contribution in [0.1, 0.15) is 27.7 Å². The fraction of sp³-hybridized carbons (Fsp3) is 0.533. The lowest BCUT2D eigenvalue weighted by Gasteiger charge is -2.28. The highest BCUT2D eigenvalue weighted by molar-refractivity contribution is 5.95. The van der Waals surface area contributed by atoms with Gasteiger partial charge in [-0.15, -0.1) is 0 Å². The van der Waals surface area contributed by atoms with E-state index in [2.05, 4.69) is 6.58 Å². The molecule has 0 aromatic rings. The lowest BCUT2D eigenvalue weighted by Crippen LogP contribution is -2.43. The Morgan fingerprint density at radius 1 is 1.19 bits per heavy atom. The maximum Gasteiger partial charge on any atom is 0.303 e. The summed E-state index contributed by atoms with van der Waals surface area (Å²) in [6, 6.07) is 0. The van der Waals surface area contributed by atoms with Gasteiger partial charge < -0.3 is 14.4 Å². The van der Waals surface area contributed by atoms with Gasteiger partial charge in [-0.05, 0) is 13.8 Å². The largest absolute Gasteiger partial charge is 0.459 e. The smallest absolute Gasteiger partial charge is 0.303 e. The van der Waals surface area contributed by atoms with Crippen LogP contribution in [0.5, 0.6) is 0 Å². The molecule has 0 fully saturated rings. The van der Waals surface area contributed by atoms with Gasteiger partial charge in [-0.2, -0.15) is 0 Å². The normalized spacial score (nSPS) is 13.4. The van der Waals surface area contributed by atoms with Crippen molar-refractivity contribution in [3.05, 3.63) is 24.3 Å². The highest BCUT2D eigenvalue weighted by atomic mass is 16.6. The van der Waals surface area contributed by atoms with Gasteiger partial charge >= 0.3 is 11.9 Å². The van der Waals surface area contributed by atoms with Crippen molar-refractivity contribution in [3.63, 3.8) is 0 Å². The molecule has 2 unspecified atom stereocenters. The number of hydrogen-bond acceptors (Lipinski definition) is 5. The third kappa shape index (κ3) is 7.29. The van der Waals surface area contributed by atoms with Crippen LogP contribution in [0.25, 0.3) is 0 Å². The minimum absolute atomic E-state index is 0.101. The number of hydrogen-bond donors (Lipinski definition) is 0. The highest BCUT2D eigenvalue weighted by Crippen LogP contribution is 2.09. The zero-order valence-electron chi connectivity index (χ0n) is 13.2. The van der Waals surface area contributed by atoms with E-state index < -0.39 is 24.1 Å². The van der Waals surface area contributed by atoms with E-state index in [4.69, 9.17) is 9.47 Å². The summed E-state index contributed by atoms with van der Waals surface area (Å²) < 4.78 is 10.1. The van der Waals surface area contributed by atoms with E-state index in [0.29, 0.717) is 5.57 Å². The Hall–Kier alpha value is -2.11. The van der Waals surface area contributed by atoms with Crippen molar-refractivity contribution in [1.29, 1.82) is 0 Å². The van der Waals surface area contributed by atoms with Gasteiger partial charge in [0.05, 0.1) is 6.54 Å². The molecule has 0 N–H and O–H groups in total. The van der Waals surface area contributed by atoms with Crippen LogP contribution in [0, 0.1) is 0 Å². The molecule has 0 aromatic carbocycles. The molecule has 6 nitrogen and oxygen atoms in total. The summed E-state index contributed by atoms with van der Waals surface area (Å²) in [6.07, 6.45) is 1.91. The Morgan fingerprint density at radius 3 is 2.14 bits per heavy atom. The Morgan fingerprint density at radius 2 is 1.71 bits per heavy atom. The SMILES string of the molecule is C=C(C=CC)C(=O)N(C)CC(OC(C)=O)C(C)OC(C)=O. The minimum Gasteiger partial charge on any atom is -0.459 e. The van der Waals surface area contributed by atoms with E-state index >= 15 is 0 Å². The molecule has 0 aliphatic heterocycles. The van der Waals surface area contributed by atoms with Gasteiger partial charge in [-0.1, -0.05) is 18.7 Å². The lowest BCUT2D eigenvalue weighted by atomic mass is 10.2. The Labute approximate surface area is 125 Å². The third-order valence-corrected chi connectivity index (χ3v) is 2.64. The summed E-state index contributed by atoms with van der Waals surface area (Å²) in [5, 5.41) is 0. The molecule has 21 heavy (non-hydrogen) atoms. The molecule has 0 saturated heterocycles. The van der Waals surface area contributed by atoms with Crippen LogP contribution in [0.15, 0.2) is 24.3 Å². The number of likely N-dealkylation sites (N-methyl/N-ethyl adjacent to an activating group) is 1. The van der Waals surface area contributed by atoms with Crippen molar-refractivity contribution < 1.29 is 23.9 Å². The number of esters is 2. The summed E-state index contributed by atoms with van der Waals surface area (Å²) in [5.74, 6) is -1.28. The zero-order chi connectivity index (χ0) is 16.6. The third-order valence-electron chi connectivity index (χ3n) is 2.64. The van der Waals surface area contributed by atoms with Crippen molar-refractivity contribution in [2.24, 2.45) is 0 Å². The van der Waals surface area contributed by atoms with Gasteiger partial charge in [-0.3, -0.25) is 14.4 Å². The van der Waals surface area contributed by atoms with Gasteiger partial charge in [0.15, 0.2) is 6.10 Å². The van der Waals surface area contributed by atoms with Gasteiger partial charge in [0, 0.05) is 26.5 Å². The van der Waals surface area contributed by atoms with Crippen molar-refractivity contribution in [2.45, 2.75) is 39.9 Å². The Bertz CT molecular complexity index is 441. The van der Waals surface area contributed by atoms with Crippen LogP contribution < -0.4 is 0 Å². The molecule has 2 atom stereocenters. The summed E-state index contributed by atoms with van der Waals surface area (Å²) in [7, 11) is 1.56. The first-order chi connectivity index (χ1) is 9.68. The van der Waals surface area contributed by atoms with E-state index in [-0.39, 0.29) is 12.5 Å². The molecule has 0 aliphatic carbocycles. The van der Waals surface area contributed by atoms with E-state index in [1.807, 2.05) is 0 Å². The second-order valence-electron chi connectivity index (χ2n) is 4.67.